The Balaban J connectivity index is 1.84. The van der Waals surface area contributed by atoms with Crippen LogP contribution < -0.4 is 5.73 Å². The summed E-state index contributed by atoms with van der Waals surface area (Å²) in [4.78, 5) is 12.8. The Morgan fingerprint density at radius 3 is 2.86 bits per heavy atom. The predicted molar refractivity (Wildman–Crippen MR) is 80.2 cm³/mol. The second kappa shape index (κ2) is 4.54. The maximum absolute atomic E-state index is 10.4. The van der Waals surface area contributed by atoms with Gasteiger partial charge in [-0.2, -0.15) is 0 Å². The molecule has 2 fully saturated rings. The summed E-state index contributed by atoms with van der Waals surface area (Å²) in [7, 11) is 0. The maximum atomic E-state index is 10.4. The molecule has 2 heterocycles. The molecule has 118 valence electrons. The lowest BCUT2D eigenvalue weighted by molar-refractivity contribution is -0.0300. The smallest absolute Gasteiger partial charge is 0.191 e. The third kappa shape index (κ3) is 1.62. The van der Waals surface area contributed by atoms with Gasteiger partial charge in [-0.05, 0) is 18.6 Å². The summed E-state index contributed by atoms with van der Waals surface area (Å²) in [5, 5.41) is 30.7. The zero-order valence-electron chi connectivity index (χ0n) is 11.9. The molecule has 2 aliphatic carbocycles. The molecule has 0 spiro atoms. The van der Waals surface area contributed by atoms with Gasteiger partial charge in [0, 0.05) is 5.41 Å². The van der Waals surface area contributed by atoms with Crippen LogP contribution in [-0.2, 0) is 0 Å². The second-order valence-corrected chi connectivity index (χ2v) is 6.82. The first-order valence-electron chi connectivity index (χ1n) is 7.04. The Morgan fingerprint density at radius 1 is 1.45 bits per heavy atom. The van der Waals surface area contributed by atoms with Crippen molar-refractivity contribution in [3.8, 4) is 0 Å². The molecule has 0 amide bonds. The largest absolute Gasteiger partial charge is 0.396 e. The number of imidazole rings is 1. The molecule has 2 aliphatic rings. The number of hydrogen-bond acceptors (Lipinski definition) is 8. The van der Waals surface area contributed by atoms with E-state index < -0.39 is 17.6 Å². The number of aromatic nitrogens is 4. The molecule has 9 heteroatoms. The third-order valence-corrected chi connectivity index (χ3v) is 5.63. The Morgan fingerprint density at radius 2 is 2.23 bits per heavy atom. The summed E-state index contributed by atoms with van der Waals surface area (Å²) < 4.78 is 1.76. The van der Waals surface area contributed by atoms with Crippen LogP contribution in [0.1, 0.15) is 12.5 Å². The van der Waals surface area contributed by atoms with Crippen LogP contribution in [0.3, 0.4) is 0 Å². The highest BCUT2D eigenvalue weighted by molar-refractivity contribution is 7.98. The molecule has 0 aliphatic heterocycles. The van der Waals surface area contributed by atoms with Gasteiger partial charge in [-0.3, -0.25) is 0 Å². The quantitative estimate of drug-likeness (QED) is 0.435. The number of anilines is 1. The summed E-state index contributed by atoms with van der Waals surface area (Å²) in [5.41, 5.74) is 6.35. The van der Waals surface area contributed by atoms with Gasteiger partial charge in [0.25, 0.3) is 0 Å². The van der Waals surface area contributed by atoms with Crippen molar-refractivity contribution in [2.24, 2.45) is 11.3 Å². The number of aliphatic hydroxyl groups excluding tert-OH is 3. The van der Waals surface area contributed by atoms with E-state index in [2.05, 4.69) is 15.0 Å². The van der Waals surface area contributed by atoms with Crippen molar-refractivity contribution >= 4 is 28.7 Å². The Hall–Kier alpha value is -1.42. The topological polar surface area (TPSA) is 130 Å². The Labute approximate surface area is 130 Å². The fraction of sp³-hybridized carbons (Fsp3) is 0.615. The summed E-state index contributed by atoms with van der Waals surface area (Å²) in [5.74, 6) is 0.305. The van der Waals surface area contributed by atoms with E-state index in [1.165, 1.54) is 11.8 Å². The molecule has 5 N–H and O–H groups in total. The molecule has 0 bridgehead atoms. The normalized spacial score (nSPS) is 36.7. The average molecular weight is 323 g/mol. The zero-order valence-corrected chi connectivity index (χ0v) is 12.7. The maximum Gasteiger partial charge on any atom is 0.191 e. The molecule has 2 aromatic heterocycles. The van der Waals surface area contributed by atoms with Gasteiger partial charge in [0.05, 0.1) is 25.1 Å². The fourth-order valence-electron chi connectivity index (χ4n) is 3.78. The van der Waals surface area contributed by atoms with Crippen molar-refractivity contribution < 1.29 is 15.3 Å². The first kappa shape index (κ1) is 14.2. The van der Waals surface area contributed by atoms with Gasteiger partial charge in [0.1, 0.15) is 11.6 Å². The number of nitrogens with zero attached hydrogens (tertiary/aromatic N) is 4. The van der Waals surface area contributed by atoms with E-state index in [-0.39, 0.29) is 18.6 Å². The van der Waals surface area contributed by atoms with Crippen LogP contribution in [-0.4, -0.2) is 59.9 Å². The van der Waals surface area contributed by atoms with Gasteiger partial charge in [-0.25, -0.2) is 15.0 Å². The van der Waals surface area contributed by atoms with Crippen LogP contribution in [0, 0.1) is 11.3 Å². The van der Waals surface area contributed by atoms with Crippen LogP contribution in [0.25, 0.3) is 11.2 Å². The van der Waals surface area contributed by atoms with Crippen LogP contribution in [0.5, 0.6) is 0 Å². The number of aliphatic hydroxyl groups is 3. The lowest BCUT2D eigenvalue weighted by atomic mass is 10.0. The summed E-state index contributed by atoms with van der Waals surface area (Å²) in [6.45, 7) is -0.133. The van der Waals surface area contributed by atoms with Crippen molar-refractivity contribution in [3.05, 3.63) is 6.33 Å². The molecular weight excluding hydrogens is 306 g/mol. The van der Waals surface area contributed by atoms with Crippen molar-refractivity contribution in [1.29, 1.82) is 0 Å². The van der Waals surface area contributed by atoms with Crippen LogP contribution in [0.2, 0.25) is 0 Å². The monoisotopic (exact) mass is 323 g/mol. The number of rotatable bonds is 3. The number of fused-ring (bicyclic) bond motifs is 2. The van der Waals surface area contributed by atoms with Crippen LogP contribution in [0.15, 0.2) is 11.5 Å². The van der Waals surface area contributed by atoms with Crippen molar-refractivity contribution in [2.75, 3.05) is 18.6 Å². The molecule has 2 aromatic rings. The molecule has 8 nitrogen and oxygen atoms in total. The van der Waals surface area contributed by atoms with Gasteiger partial charge < -0.3 is 25.6 Å². The first-order chi connectivity index (χ1) is 10.5. The van der Waals surface area contributed by atoms with Gasteiger partial charge >= 0.3 is 0 Å². The van der Waals surface area contributed by atoms with E-state index in [4.69, 9.17) is 5.73 Å². The summed E-state index contributed by atoms with van der Waals surface area (Å²) in [6.07, 6.45) is 2.21. The van der Waals surface area contributed by atoms with E-state index in [0.717, 1.165) is 0 Å². The molecule has 0 aromatic carbocycles. The first-order valence-corrected chi connectivity index (χ1v) is 8.27. The molecule has 5 atom stereocenters. The van der Waals surface area contributed by atoms with Gasteiger partial charge in [-0.15, -0.1) is 0 Å². The van der Waals surface area contributed by atoms with Crippen molar-refractivity contribution in [1.82, 2.24) is 19.5 Å². The van der Waals surface area contributed by atoms with Crippen molar-refractivity contribution in [2.45, 2.75) is 29.8 Å². The number of hydrogen-bond donors (Lipinski definition) is 4. The molecule has 4 rings (SSSR count). The minimum absolute atomic E-state index is 0.00817. The fourth-order valence-corrected chi connectivity index (χ4v) is 4.14. The molecule has 2 saturated carbocycles. The van der Waals surface area contributed by atoms with Crippen LogP contribution in [0.4, 0.5) is 5.82 Å². The Bertz CT molecular complexity index is 753. The van der Waals surface area contributed by atoms with E-state index in [9.17, 15) is 15.3 Å². The third-order valence-electron chi connectivity index (χ3n) is 5.08. The summed E-state index contributed by atoms with van der Waals surface area (Å²) >= 11 is 1.37. The number of thioether (sulfide) groups is 1. The highest BCUT2D eigenvalue weighted by Gasteiger charge is 2.71. The van der Waals surface area contributed by atoms with Crippen LogP contribution >= 0.6 is 11.8 Å². The van der Waals surface area contributed by atoms with E-state index >= 15 is 0 Å². The highest BCUT2D eigenvalue weighted by Crippen LogP contribution is 2.67. The Kier molecular flexibility index (Phi) is 2.93. The van der Waals surface area contributed by atoms with E-state index in [1.54, 1.807) is 10.9 Å². The zero-order chi connectivity index (χ0) is 15.6. The summed E-state index contributed by atoms with van der Waals surface area (Å²) in [6, 6.07) is -0.365. The van der Waals surface area contributed by atoms with Gasteiger partial charge in [-0.1, -0.05) is 11.8 Å². The minimum Gasteiger partial charge on any atom is -0.396 e. The molecule has 1 unspecified atom stereocenters. The highest BCUT2D eigenvalue weighted by atomic mass is 32.2. The van der Waals surface area contributed by atoms with Gasteiger partial charge in [0.15, 0.2) is 16.6 Å². The SMILES string of the molecule is CSc1nc(N)c2ncn([C@@H]3[C@H]4C[C@@]4(CO)C(O)[C@@H]3O)c2n1. The van der Waals surface area contributed by atoms with E-state index in [0.29, 0.717) is 28.6 Å². The average Bonchev–Trinajstić information content (AvgIpc) is 3.03. The van der Waals surface area contributed by atoms with Gasteiger partial charge in [0.2, 0.25) is 0 Å². The standard InChI is InChI=1S/C13H17N5O3S/c1-22-12-16-10(14)6-11(17-12)18(4-15-6)7-5-2-13(5,3-19)9(21)8(7)20/h4-5,7-9,19-21H,2-3H2,1H3,(H2,14,16,17)/t5-,7-,8-,9?,13+/m1/s1. The van der Waals surface area contributed by atoms with E-state index in [1.807, 2.05) is 6.26 Å². The molecule has 22 heavy (non-hydrogen) atoms. The molecule has 0 radical (unpaired) electrons. The number of nitrogen functional groups attached to an aromatic ring is 1. The predicted octanol–water partition coefficient (Wildman–Crippen LogP) is -0.595. The lowest BCUT2D eigenvalue weighted by Gasteiger charge is -2.23. The number of nitrogens with two attached hydrogens (primary N) is 1. The lowest BCUT2D eigenvalue weighted by Crippen LogP contribution is -2.35. The molecule has 0 saturated heterocycles. The molecular formula is C13H17N5O3S. The van der Waals surface area contributed by atoms with Crippen molar-refractivity contribution in [3.63, 3.8) is 0 Å². The second-order valence-electron chi connectivity index (χ2n) is 6.05. The minimum atomic E-state index is -0.961.